The minimum absolute atomic E-state index is 0.0817. The molecule has 0 aromatic heterocycles. The number of para-hydroxylation sites is 1. The molecular weight excluding hydrogens is 688 g/mol. The molecule has 1 aliphatic heterocycles. The molecule has 0 saturated carbocycles. The van der Waals surface area contributed by atoms with Crippen LogP contribution in [0.3, 0.4) is 0 Å². The van der Waals surface area contributed by atoms with E-state index in [1.165, 1.54) is 0 Å². The summed E-state index contributed by atoms with van der Waals surface area (Å²) >= 11 is 0. The van der Waals surface area contributed by atoms with Gasteiger partial charge in [0.2, 0.25) is 5.91 Å². The quantitative estimate of drug-likeness (QED) is 0.116. The van der Waals surface area contributed by atoms with E-state index < -0.39 is 42.1 Å². The summed E-state index contributed by atoms with van der Waals surface area (Å²) in [6.07, 6.45) is 0.277. The minimum Gasteiger partial charge on any atom is -0.483 e. The Kier molecular flexibility index (Phi) is 15.9. The number of carbonyl (C=O) groups excluding carboxylic acids is 4. The maximum atomic E-state index is 14.2. The van der Waals surface area contributed by atoms with Crippen LogP contribution in [0.4, 0.5) is 4.79 Å². The van der Waals surface area contributed by atoms with Crippen molar-refractivity contribution in [3.8, 4) is 5.75 Å². The molecule has 0 unspecified atom stereocenters. The topological polar surface area (TPSA) is 163 Å². The fraction of sp³-hybridized carbons (Fsp3) is 0.452. The van der Waals surface area contributed by atoms with Gasteiger partial charge in [-0.05, 0) is 67.7 Å². The number of aryl methyl sites for hydroxylation is 2. The summed E-state index contributed by atoms with van der Waals surface area (Å²) < 4.78 is 12.1. The van der Waals surface area contributed by atoms with Crippen LogP contribution in [0, 0.1) is 19.8 Å². The molecule has 0 bridgehead atoms. The van der Waals surface area contributed by atoms with E-state index in [2.05, 4.69) is 16.0 Å². The molecule has 4 N–H and O–H groups in total. The third-order valence-electron chi connectivity index (χ3n) is 9.44. The average molecular weight is 743 g/mol. The Morgan fingerprint density at radius 2 is 1.48 bits per heavy atom. The molecule has 1 heterocycles. The third kappa shape index (κ3) is 12.9. The van der Waals surface area contributed by atoms with Crippen molar-refractivity contribution in [2.75, 3.05) is 19.7 Å². The first-order chi connectivity index (χ1) is 25.9. The Balaban J connectivity index is 1.67. The first kappa shape index (κ1) is 41.4. The van der Waals surface area contributed by atoms with Crippen molar-refractivity contribution in [2.45, 2.75) is 96.9 Å². The molecule has 1 saturated heterocycles. The maximum Gasteiger partial charge on any atom is 0.318 e. The van der Waals surface area contributed by atoms with E-state index >= 15 is 0 Å². The van der Waals surface area contributed by atoms with E-state index in [1.807, 2.05) is 107 Å². The molecule has 3 aromatic rings. The molecule has 4 amide bonds. The number of hydrogen-bond donors (Lipinski definition) is 4. The molecule has 1 aliphatic rings. The number of nitrogens with one attached hydrogen (secondary N) is 3. The van der Waals surface area contributed by atoms with E-state index in [-0.39, 0.29) is 56.6 Å². The summed E-state index contributed by atoms with van der Waals surface area (Å²) in [5.41, 5.74) is 3.58. The van der Waals surface area contributed by atoms with Gasteiger partial charge in [0, 0.05) is 38.4 Å². The predicted octanol–water partition coefficient (Wildman–Crippen LogP) is 5.13. The Hall–Kier alpha value is -5.39. The van der Waals surface area contributed by atoms with E-state index in [0.717, 1.165) is 22.3 Å². The van der Waals surface area contributed by atoms with E-state index in [9.17, 15) is 29.1 Å². The zero-order valence-corrected chi connectivity index (χ0v) is 31.7. The van der Waals surface area contributed by atoms with Crippen LogP contribution in [0.5, 0.6) is 5.75 Å². The third-order valence-corrected chi connectivity index (χ3v) is 9.44. The Labute approximate surface area is 318 Å². The van der Waals surface area contributed by atoms with Crippen LogP contribution in [0.25, 0.3) is 0 Å². The molecule has 4 rings (SSSR count). The Morgan fingerprint density at radius 1 is 0.852 bits per heavy atom. The lowest BCUT2D eigenvalue weighted by Crippen LogP contribution is -2.59. The monoisotopic (exact) mass is 742 g/mol. The summed E-state index contributed by atoms with van der Waals surface area (Å²) in [4.78, 5) is 66.9. The van der Waals surface area contributed by atoms with Gasteiger partial charge in [-0.15, -0.1) is 0 Å². The molecule has 3 aromatic carbocycles. The maximum absolute atomic E-state index is 14.2. The van der Waals surface area contributed by atoms with Gasteiger partial charge in [-0.25, -0.2) is 4.79 Å². The number of hydrogen-bond acceptors (Lipinski definition) is 7. The molecule has 0 aliphatic carbocycles. The van der Waals surface area contributed by atoms with Crippen LogP contribution in [0.1, 0.15) is 68.2 Å². The number of carboxylic acids is 1. The largest absolute Gasteiger partial charge is 0.483 e. The van der Waals surface area contributed by atoms with Gasteiger partial charge in [0.25, 0.3) is 5.91 Å². The second-order valence-electron chi connectivity index (χ2n) is 14.2. The highest BCUT2D eigenvalue weighted by atomic mass is 16.5. The van der Waals surface area contributed by atoms with Crippen LogP contribution >= 0.6 is 0 Å². The van der Waals surface area contributed by atoms with Crippen LogP contribution in [-0.2, 0) is 36.8 Å². The van der Waals surface area contributed by atoms with Gasteiger partial charge in [-0.3, -0.25) is 19.2 Å². The summed E-state index contributed by atoms with van der Waals surface area (Å²) in [7, 11) is 0. The number of ether oxygens (including phenoxy) is 2. The number of rotatable bonds is 20. The molecular formula is C42H54N4O8. The number of amides is 4. The number of carboxylic acid groups (broad SMARTS) is 1. The normalized spacial score (nSPS) is 15.0. The SMILES string of the molecule is Cc1cccc(C)c1OCC(=O)N[C@@H](Cc1ccccc1)[C@H](C[C@H](Cc1ccccc1)NC(=O)[C@H](C(C)C)N1CCCNC1=O)OC(=O)CCCC(=O)O. The number of benzene rings is 3. The molecule has 0 spiro atoms. The number of urea groups is 1. The molecule has 12 heteroatoms. The van der Waals surface area contributed by atoms with Crippen molar-refractivity contribution >= 4 is 29.8 Å². The number of nitrogens with zero attached hydrogens (tertiary/aromatic N) is 1. The van der Waals surface area contributed by atoms with Gasteiger partial charge in [-0.1, -0.05) is 92.7 Å². The van der Waals surface area contributed by atoms with Crippen LogP contribution in [0.2, 0.25) is 0 Å². The second kappa shape index (κ2) is 20.7. The highest BCUT2D eigenvalue weighted by molar-refractivity contribution is 5.88. The van der Waals surface area contributed by atoms with E-state index in [0.29, 0.717) is 31.7 Å². The standard InChI is InChI=1S/C42H54N4O8/c1-28(2)39(46-23-13-22-43-42(46)52)41(51)44-33(24-31-16-7-5-8-17-31)26-35(54-38(50)21-12-20-37(48)49)34(25-32-18-9-6-10-19-32)45-36(47)27-53-40-29(3)14-11-15-30(40)4/h5-11,14-19,28,33-35,39H,12-13,20-27H2,1-4H3,(H,43,52)(H,44,51)(H,45,47)(H,48,49)/t33-,34-,35-,39-/m0/s1. The highest BCUT2D eigenvalue weighted by Gasteiger charge is 2.36. The van der Waals surface area contributed by atoms with Crippen molar-refractivity contribution < 1.29 is 38.6 Å². The fourth-order valence-corrected chi connectivity index (χ4v) is 6.84. The molecule has 290 valence electrons. The van der Waals surface area contributed by atoms with Gasteiger partial charge in [0.15, 0.2) is 6.61 Å². The smallest absolute Gasteiger partial charge is 0.318 e. The summed E-state index contributed by atoms with van der Waals surface area (Å²) in [5, 5.41) is 18.3. The number of esters is 1. The van der Waals surface area contributed by atoms with Crippen LogP contribution in [0.15, 0.2) is 78.9 Å². The first-order valence-corrected chi connectivity index (χ1v) is 18.7. The Morgan fingerprint density at radius 3 is 2.07 bits per heavy atom. The van der Waals surface area contributed by atoms with Crippen LogP contribution < -0.4 is 20.7 Å². The van der Waals surface area contributed by atoms with Crippen molar-refractivity contribution in [1.82, 2.24) is 20.9 Å². The van der Waals surface area contributed by atoms with Crippen molar-refractivity contribution in [3.05, 3.63) is 101 Å². The first-order valence-electron chi connectivity index (χ1n) is 18.7. The molecule has 54 heavy (non-hydrogen) atoms. The molecule has 1 fully saturated rings. The van der Waals surface area contributed by atoms with Crippen molar-refractivity contribution in [3.63, 3.8) is 0 Å². The summed E-state index contributed by atoms with van der Waals surface area (Å²) in [5.74, 6) is -1.98. The molecule has 4 atom stereocenters. The van der Waals surface area contributed by atoms with Gasteiger partial charge < -0.3 is 35.4 Å². The van der Waals surface area contributed by atoms with Gasteiger partial charge in [0.05, 0.1) is 6.04 Å². The summed E-state index contributed by atoms with van der Waals surface area (Å²) in [6, 6.07) is 22.4. The van der Waals surface area contributed by atoms with Crippen LogP contribution in [-0.4, -0.2) is 83.7 Å². The second-order valence-corrected chi connectivity index (χ2v) is 14.2. The van der Waals surface area contributed by atoms with Gasteiger partial charge >= 0.3 is 18.0 Å². The lowest BCUT2D eigenvalue weighted by atomic mass is 9.92. The summed E-state index contributed by atoms with van der Waals surface area (Å²) in [6.45, 7) is 8.30. The number of carbonyl (C=O) groups is 5. The zero-order valence-electron chi connectivity index (χ0n) is 31.7. The average Bonchev–Trinajstić information content (AvgIpc) is 3.12. The zero-order chi connectivity index (χ0) is 39.0. The molecule has 12 nitrogen and oxygen atoms in total. The Bertz CT molecular complexity index is 1680. The van der Waals surface area contributed by atoms with Crippen molar-refractivity contribution in [2.24, 2.45) is 5.92 Å². The number of aliphatic carboxylic acids is 1. The van der Waals surface area contributed by atoms with Crippen molar-refractivity contribution in [1.29, 1.82) is 0 Å². The lowest BCUT2D eigenvalue weighted by Gasteiger charge is -2.37. The van der Waals surface area contributed by atoms with E-state index in [4.69, 9.17) is 9.47 Å². The van der Waals surface area contributed by atoms with Gasteiger partial charge in [-0.2, -0.15) is 0 Å². The lowest BCUT2D eigenvalue weighted by molar-refractivity contribution is -0.152. The van der Waals surface area contributed by atoms with Gasteiger partial charge in [0.1, 0.15) is 17.9 Å². The predicted molar refractivity (Wildman–Crippen MR) is 205 cm³/mol. The van der Waals surface area contributed by atoms with E-state index in [1.54, 1.807) is 4.90 Å². The fourth-order valence-electron chi connectivity index (χ4n) is 6.84. The highest BCUT2D eigenvalue weighted by Crippen LogP contribution is 2.23. The molecule has 0 radical (unpaired) electrons. The minimum atomic E-state index is -1.02.